The molecule has 1 aromatic heterocycles. The maximum absolute atomic E-state index is 13.3. The van der Waals surface area contributed by atoms with Gasteiger partial charge in [-0.1, -0.05) is 46.7 Å². The first kappa shape index (κ1) is 22.3. The molecule has 0 atom stereocenters. The Morgan fingerprint density at radius 2 is 1.91 bits per heavy atom. The van der Waals surface area contributed by atoms with Crippen LogP contribution >= 0.6 is 22.9 Å². The molecule has 1 aliphatic rings. The van der Waals surface area contributed by atoms with E-state index < -0.39 is 5.82 Å². The lowest BCUT2D eigenvalue weighted by Crippen LogP contribution is -2.50. The second kappa shape index (κ2) is 9.72. The maximum Gasteiger partial charge on any atom is 0.253 e. The molecule has 2 heterocycles. The average molecular weight is 474 g/mol. The second-order valence-electron chi connectivity index (χ2n) is 7.53. The number of nitrogens with one attached hydrogen (secondary N) is 1. The predicted molar refractivity (Wildman–Crippen MR) is 122 cm³/mol. The first-order valence-electron chi connectivity index (χ1n) is 10.1. The fourth-order valence-corrected chi connectivity index (χ4v) is 4.39. The van der Waals surface area contributed by atoms with Crippen molar-refractivity contribution in [2.24, 2.45) is 0 Å². The normalized spacial score (nSPS) is 14.4. The van der Waals surface area contributed by atoms with Crippen LogP contribution in [0.2, 0.25) is 5.02 Å². The lowest BCUT2D eigenvalue weighted by Gasteiger charge is -2.34. The highest BCUT2D eigenvalue weighted by Gasteiger charge is 2.24. The van der Waals surface area contributed by atoms with Crippen LogP contribution in [-0.2, 0) is 4.79 Å². The van der Waals surface area contributed by atoms with E-state index in [1.165, 1.54) is 29.5 Å². The van der Waals surface area contributed by atoms with Crippen molar-refractivity contribution in [2.45, 2.75) is 6.92 Å². The van der Waals surface area contributed by atoms with Crippen molar-refractivity contribution in [1.29, 1.82) is 0 Å². The lowest BCUT2D eigenvalue weighted by molar-refractivity contribution is -0.117. The number of aromatic nitrogens is 2. The van der Waals surface area contributed by atoms with Crippen LogP contribution in [0.3, 0.4) is 0 Å². The van der Waals surface area contributed by atoms with Gasteiger partial charge in [-0.05, 0) is 31.2 Å². The second-order valence-corrected chi connectivity index (χ2v) is 8.91. The molecule has 0 radical (unpaired) electrons. The van der Waals surface area contributed by atoms with Gasteiger partial charge in [-0.2, -0.15) is 0 Å². The van der Waals surface area contributed by atoms with Gasteiger partial charge < -0.3 is 4.90 Å². The third kappa shape index (κ3) is 5.29. The first-order chi connectivity index (χ1) is 15.4. The van der Waals surface area contributed by atoms with Gasteiger partial charge in [0.25, 0.3) is 5.91 Å². The molecular weight excluding hydrogens is 453 g/mol. The van der Waals surface area contributed by atoms with E-state index in [-0.39, 0.29) is 23.4 Å². The van der Waals surface area contributed by atoms with Crippen molar-refractivity contribution < 1.29 is 14.0 Å². The molecule has 0 saturated carbocycles. The molecule has 7 nitrogen and oxygen atoms in total. The standard InChI is InChI=1S/C22H21ClFN5O2S/c1-14-3-2-4-15(11-14)20-26-27-22(32-20)25-19(30)13-28-7-9-29(10-8-28)21(31)16-5-6-18(24)17(23)12-16/h2-6,11-12H,7-10,13H2,1H3,(H,25,27,30). The summed E-state index contributed by atoms with van der Waals surface area (Å²) in [4.78, 5) is 28.7. The minimum Gasteiger partial charge on any atom is -0.336 e. The minimum atomic E-state index is -0.555. The van der Waals surface area contributed by atoms with Crippen LogP contribution in [0.1, 0.15) is 15.9 Å². The molecule has 1 aliphatic heterocycles. The highest BCUT2D eigenvalue weighted by atomic mass is 35.5. The molecule has 2 aromatic carbocycles. The molecule has 0 spiro atoms. The molecule has 1 N–H and O–H groups in total. The van der Waals surface area contributed by atoms with E-state index in [9.17, 15) is 14.0 Å². The zero-order valence-corrected chi connectivity index (χ0v) is 18.9. The Morgan fingerprint density at radius 1 is 1.12 bits per heavy atom. The summed E-state index contributed by atoms with van der Waals surface area (Å²) in [6.45, 7) is 4.26. The number of hydrogen-bond donors (Lipinski definition) is 1. The van der Waals surface area contributed by atoms with Gasteiger partial charge in [0.1, 0.15) is 10.8 Å². The number of nitrogens with zero attached hydrogens (tertiary/aromatic N) is 4. The zero-order chi connectivity index (χ0) is 22.7. The van der Waals surface area contributed by atoms with Crippen LogP contribution < -0.4 is 5.32 Å². The fourth-order valence-electron chi connectivity index (χ4n) is 3.45. The number of benzene rings is 2. The quantitative estimate of drug-likeness (QED) is 0.611. The Kier molecular flexibility index (Phi) is 6.78. The molecule has 10 heteroatoms. The Balaban J connectivity index is 1.27. The smallest absolute Gasteiger partial charge is 0.253 e. The van der Waals surface area contributed by atoms with Crippen molar-refractivity contribution >= 4 is 39.9 Å². The van der Waals surface area contributed by atoms with Crippen molar-refractivity contribution in [3.05, 3.63) is 64.4 Å². The van der Waals surface area contributed by atoms with Crippen LogP contribution in [0.15, 0.2) is 42.5 Å². The monoisotopic (exact) mass is 473 g/mol. The first-order valence-corrected chi connectivity index (χ1v) is 11.3. The molecule has 166 valence electrons. The molecule has 3 aromatic rings. The largest absolute Gasteiger partial charge is 0.336 e. The number of piperazine rings is 1. The SMILES string of the molecule is Cc1cccc(-c2nnc(NC(=O)CN3CCN(C(=O)c4ccc(F)c(Cl)c4)CC3)s2)c1. The van der Waals surface area contributed by atoms with Crippen molar-refractivity contribution in [3.63, 3.8) is 0 Å². The molecule has 4 rings (SSSR count). The van der Waals surface area contributed by atoms with Crippen molar-refractivity contribution in [3.8, 4) is 10.6 Å². The lowest BCUT2D eigenvalue weighted by atomic mass is 10.1. The van der Waals surface area contributed by atoms with Gasteiger partial charge in [-0.15, -0.1) is 10.2 Å². The Labute approximate surface area is 193 Å². The van der Waals surface area contributed by atoms with Gasteiger partial charge >= 0.3 is 0 Å². The van der Waals surface area contributed by atoms with E-state index >= 15 is 0 Å². The highest BCUT2D eigenvalue weighted by Crippen LogP contribution is 2.26. The Bertz CT molecular complexity index is 1150. The number of amides is 2. The number of aryl methyl sites for hydroxylation is 1. The topological polar surface area (TPSA) is 78.4 Å². The number of hydrogen-bond acceptors (Lipinski definition) is 6. The van der Waals surface area contributed by atoms with E-state index in [1.54, 1.807) is 4.90 Å². The molecular formula is C22H21ClFN5O2S. The number of anilines is 1. The third-order valence-corrected chi connectivity index (χ3v) is 6.31. The molecule has 0 aliphatic carbocycles. The van der Waals surface area contributed by atoms with Crippen LogP contribution in [-0.4, -0.2) is 64.5 Å². The summed E-state index contributed by atoms with van der Waals surface area (Å²) in [6.07, 6.45) is 0. The number of halogens is 2. The number of carbonyl (C=O) groups is 2. The maximum atomic E-state index is 13.3. The highest BCUT2D eigenvalue weighted by molar-refractivity contribution is 7.18. The van der Waals surface area contributed by atoms with Gasteiger partial charge in [-0.3, -0.25) is 19.8 Å². The van der Waals surface area contributed by atoms with Crippen molar-refractivity contribution in [1.82, 2.24) is 20.0 Å². The summed E-state index contributed by atoms with van der Waals surface area (Å²) in [5, 5.41) is 12.1. The van der Waals surface area contributed by atoms with E-state index in [1.807, 2.05) is 36.1 Å². The molecule has 2 amide bonds. The minimum absolute atomic E-state index is 0.0756. The molecule has 32 heavy (non-hydrogen) atoms. The summed E-state index contributed by atoms with van der Waals surface area (Å²) in [7, 11) is 0. The fraction of sp³-hybridized carbons (Fsp3) is 0.273. The van der Waals surface area contributed by atoms with Crippen LogP contribution in [0, 0.1) is 12.7 Å². The van der Waals surface area contributed by atoms with Crippen molar-refractivity contribution in [2.75, 3.05) is 38.0 Å². The average Bonchev–Trinajstić information content (AvgIpc) is 3.24. The van der Waals surface area contributed by atoms with E-state index in [0.717, 1.165) is 16.1 Å². The zero-order valence-electron chi connectivity index (χ0n) is 17.3. The summed E-state index contributed by atoms with van der Waals surface area (Å²) >= 11 is 7.11. The van der Waals surface area contributed by atoms with Crippen LogP contribution in [0.25, 0.3) is 10.6 Å². The Morgan fingerprint density at radius 3 is 2.62 bits per heavy atom. The number of rotatable bonds is 5. The van der Waals surface area contributed by atoms with Gasteiger partial charge in [0, 0.05) is 37.3 Å². The molecule has 0 bridgehead atoms. The van der Waals surface area contributed by atoms with Gasteiger partial charge in [0.05, 0.1) is 11.6 Å². The summed E-state index contributed by atoms with van der Waals surface area (Å²) < 4.78 is 13.3. The predicted octanol–water partition coefficient (Wildman–Crippen LogP) is 3.70. The van der Waals surface area contributed by atoms with E-state index in [4.69, 9.17) is 11.6 Å². The number of carbonyl (C=O) groups excluding carboxylic acids is 2. The van der Waals surface area contributed by atoms with Gasteiger partial charge in [0.15, 0.2) is 0 Å². The van der Waals surface area contributed by atoms with E-state index in [2.05, 4.69) is 15.5 Å². The summed E-state index contributed by atoms with van der Waals surface area (Å²) in [5.74, 6) is -0.934. The third-order valence-electron chi connectivity index (χ3n) is 5.13. The molecule has 1 saturated heterocycles. The van der Waals surface area contributed by atoms with Crippen LogP contribution in [0.4, 0.5) is 9.52 Å². The van der Waals surface area contributed by atoms with Crippen LogP contribution in [0.5, 0.6) is 0 Å². The summed E-state index contributed by atoms with van der Waals surface area (Å²) in [6, 6.07) is 11.9. The Hall–Kier alpha value is -2.88. The van der Waals surface area contributed by atoms with E-state index in [0.29, 0.717) is 36.9 Å². The summed E-state index contributed by atoms with van der Waals surface area (Å²) in [5.41, 5.74) is 2.44. The van der Waals surface area contributed by atoms with Gasteiger partial charge in [-0.25, -0.2) is 4.39 Å². The molecule has 1 fully saturated rings. The van der Waals surface area contributed by atoms with Gasteiger partial charge in [0.2, 0.25) is 11.0 Å². The molecule has 0 unspecified atom stereocenters.